The lowest BCUT2D eigenvalue weighted by molar-refractivity contribution is 0.0980. The molecule has 41 heavy (non-hydrogen) atoms. The van der Waals surface area contributed by atoms with Crippen LogP contribution in [0.4, 0.5) is 10.5 Å². The number of aromatic nitrogens is 1. The van der Waals surface area contributed by atoms with E-state index in [-0.39, 0.29) is 28.3 Å². The Morgan fingerprint density at radius 2 is 1.90 bits per heavy atom. The number of sulfonamides is 1. The summed E-state index contributed by atoms with van der Waals surface area (Å²) in [5, 5.41) is 2.60. The van der Waals surface area contributed by atoms with Crippen molar-refractivity contribution in [3.8, 4) is 5.75 Å². The van der Waals surface area contributed by atoms with Gasteiger partial charge in [-0.1, -0.05) is 24.3 Å². The molecule has 2 amide bonds. The van der Waals surface area contributed by atoms with E-state index in [1.165, 1.54) is 30.3 Å². The molecule has 0 radical (unpaired) electrons. The number of ether oxygens (including phenoxy) is 2. The first-order chi connectivity index (χ1) is 24.0. The van der Waals surface area contributed by atoms with Crippen molar-refractivity contribution < 1.29 is 42.6 Å². The summed E-state index contributed by atoms with van der Waals surface area (Å²) in [4.78, 5) is 25.1. The van der Waals surface area contributed by atoms with Gasteiger partial charge in [-0.25, -0.2) is 17.9 Å². The van der Waals surface area contributed by atoms with E-state index in [9.17, 15) is 20.7 Å². The molecule has 0 atom stereocenters. The van der Waals surface area contributed by atoms with Crippen LogP contribution in [0.3, 0.4) is 0 Å². The zero-order valence-corrected chi connectivity index (χ0v) is 22.4. The number of carbonyl (C=O) groups is 2. The lowest BCUT2D eigenvalue weighted by atomic mass is 10.0. The number of aryl methyl sites for hydroxylation is 2. The van der Waals surface area contributed by atoms with Crippen molar-refractivity contribution in [2.24, 2.45) is 6.98 Å². The SMILES string of the molecule is [2H]C([2H])([2H])Oc1cc(C(=O)NS(=O)(=O)c2ccccc2C([2H])([2H])[2H])ccc1C([2H])([2H])c1cn(C([2H])([2H])[2H])c2ccc(NC(=O)OC3CCCC3)cc12. The Kier molecular flexibility index (Phi) is 4.97. The minimum absolute atomic E-state index is 0.0282. The molecular formula is C31H33N3O6S. The number of hydrogen-bond acceptors (Lipinski definition) is 6. The zero-order valence-electron chi connectivity index (χ0n) is 32.6. The lowest BCUT2D eigenvalue weighted by Gasteiger charge is -2.13. The smallest absolute Gasteiger partial charge is 0.411 e. The minimum atomic E-state index is -4.79. The molecule has 2 N–H and O–H groups in total. The maximum atomic E-state index is 13.2. The average molecular weight is 587 g/mol. The van der Waals surface area contributed by atoms with Gasteiger partial charge in [0.2, 0.25) is 0 Å². The largest absolute Gasteiger partial charge is 0.496 e. The third-order valence-electron chi connectivity index (χ3n) is 6.65. The molecule has 1 aliphatic carbocycles. The molecule has 4 aromatic rings. The standard InChI is InChI=1S/C31H33N3O6S/c1-20-8-4-7-11-29(20)41(37,38)33-30(35)22-13-12-21(28(17-22)39-3)16-23-19-34(2)27-15-14-24(18-26(23)27)32-31(36)40-25-9-5-6-10-25/h4,7-8,11-15,17-19,25H,5-6,9-10,16H2,1-3H3,(H,32,36)(H,33,35)/i1D3,2D3,3D3,16D2. The molecule has 0 aliphatic heterocycles. The first kappa shape index (κ1) is 17.5. The monoisotopic (exact) mass is 586 g/mol. The molecule has 0 bridgehead atoms. The summed E-state index contributed by atoms with van der Waals surface area (Å²) in [6.07, 6.45) is 0.551. The first-order valence-electron chi connectivity index (χ1n) is 18.1. The normalized spacial score (nSPS) is 19.0. The van der Waals surface area contributed by atoms with Gasteiger partial charge in [0.25, 0.3) is 15.9 Å². The number of amides is 2. The van der Waals surface area contributed by atoms with Gasteiger partial charge in [-0.2, -0.15) is 0 Å². The topological polar surface area (TPSA) is 116 Å². The molecule has 0 saturated heterocycles. The Morgan fingerprint density at radius 1 is 1.07 bits per heavy atom. The minimum Gasteiger partial charge on any atom is -0.496 e. The van der Waals surface area contributed by atoms with Crippen LogP contribution in [0.25, 0.3) is 10.9 Å². The number of fused-ring (bicyclic) bond motifs is 1. The zero-order chi connectivity index (χ0) is 38.4. The Labute approximate surface area is 255 Å². The van der Waals surface area contributed by atoms with Crippen LogP contribution < -0.4 is 14.8 Å². The van der Waals surface area contributed by atoms with Gasteiger partial charge in [-0.3, -0.25) is 10.1 Å². The molecule has 5 rings (SSSR count). The quantitative estimate of drug-likeness (QED) is 0.274. The molecule has 0 spiro atoms. The highest BCUT2D eigenvalue weighted by molar-refractivity contribution is 7.90. The van der Waals surface area contributed by atoms with Crippen LogP contribution in [0.2, 0.25) is 0 Å². The molecule has 1 aliphatic rings. The fourth-order valence-electron chi connectivity index (χ4n) is 4.65. The van der Waals surface area contributed by atoms with Gasteiger partial charge in [0.15, 0.2) is 0 Å². The molecule has 0 unspecified atom stereocenters. The van der Waals surface area contributed by atoms with Crippen LogP contribution in [0, 0.1) is 6.85 Å². The van der Waals surface area contributed by atoms with Gasteiger partial charge in [0, 0.05) is 52.7 Å². The van der Waals surface area contributed by atoms with Gasteiger partial charge in [0.05, 0.1) is 16.0 Å². The van der Waals surface area contributed by atoms with Crippen molar-refractivity contribution in [3.63, 3.8) is 0 Å². The number of benzene rings is 3. The molecule has 9 nitrogen and oxygen atoms in total. The summed E-state index contributed by atoms with van der Waals surface area (Å²) >= 11 is 0. The van der Waals surface area contributed by atoms with Crippen LogP contribution in [-0.4, -0.2) is 38.1 Å². The predicted molar refractivity (Wildman–Crippen MR) is 157 cm³/mol. The molecule has 214 valence electrons. The summed E-state index contributed by atoms with van der Waals surface area (Å²) < 4.78 is 128. The third-order valence-corrected chi connectivity index (χ3v) is 8.04. The molecule has 3 aromatic carbocycles. The van der Waals surface area contributed by atoms with E-state index in [1.54, 1.807) is 4.72 Å². The van der Waals surface area contributed by atoms with E-state index in [0.29, 0.717) is 12.8 Å². The summed E-state index contributed by atoms with van der Waals surface area (Å²) in [5.74, 6) is -2.02. The number of hydrogen-bond donors (Lipinski definition) is 2. The second-order valence-corrected chi connectivity index (χ2v) is 11.1. The first-order valence-corrected chi connectivity index (χ1v) is 14.1. The second kappa shape index (κ2) is 11.7. The van der Waals surface area contributed by atoms with Crippen molar-refractivity contribution in [2.45, 2.75) is 49.9 Å². The van der Waals surface area contributed by atoms with E-state index in [4.69, 9.17) is 21.8 Å². The number of methoxy groups -OCH3 is 1. The van der Waals surface area contributed by atoms with Crippen LogP contribution >= 0.6 is 0 Å². The van der Waals surface area contributed by atoms with E-state index in [1.807, 2.05) is 0 Å². The highest BCUT2D eigenvalue weighted by atomic mass is 32.2. The highest BCUT2D eigenvalue weighted by Gasteiger charge is 2.22. The van der Waals surface area contributed by atoms with Gasteiger partial charge in [0.1, 0.15) is 11.9 Å². The van der Waals surface area contributed by atoms with Crippen molar-refractivity contribution >= 4 is 38.6 Å². The average Bonchev–Trinajstić information content (AvgIpc) is 3.67. The van der Waals surface area contributed by atoms with Gasteiger partial charge < -0.3 is 14.0 Å². The fraction of sp³-hybridized carbons (Fsp3) is 0.290. The molecule has 1 fully saturated rings. The predicted octanol–water partition coefficient (Wildman–Crippen LogP) is 5.70. The summed E-state index contributed by atoms with van der Waals surface area (Å²) in [7, 11) is -7.99. The summed E-state index contributed by atoms with van der Waals surface area (Å²) in [5.41, 5.74) is -1.59. The van der Waals surface area contributed by atoms with E-state index >= 15 is 0 Å². The van der Waals surface area contributed by atoms with Crippen molar-refractivity contribution in [1.29, 1.82) is 0 Å². The van der Waals surface area contributed by atoms with Crippen molar-refractivity contribution in [1.82, 2.24) is 9.29 Å². The Balaban J connectivity index is 1.56. The lowest BCUT2D eigenvalue weighted by Crippen LogP contribution is -2.31. The third kappa shape index (κ3) is 6.22. The van der Waals surface area contributed by atoms with Crippen molar-refractivity contribution in [3.05, 3.63) is 89.1 Å². The maximum Gasteiger partial charge on any atom is 0.411 e. The Morgan fingerprint density at radius 3 is 2.68 bits per heavy atom. The summed E-state index contributed by atoms with van der Waals surface area (Å²) in [6.45, 7) is -5.65. The van der Waals surface area contributed by atoms with E-state index < -0.39 is 76.6 Å². The molecule has 1 heterocycles. The molecule has 1 aromatic heterocycles. The number of carbonyl (C=O) groups excluding carboxylic acids is 2. The van der Waals surface area contributed by atoms with Gasteiger partial charge in [-0.15, -0.1) is 0 Å². The van der Waals surface area contributed by atoms with Gasteiger partial charge >= 0.3 is 6.09 Å². The fourth-order valence-corrected chi connectivity index (χ4v) is 5.73. The maximum absolute atomic E-state index is 13.2. The molecular weight excluding hydrogens is 542 g/mol. The van der Waals surface area contributed by atoms with Crippen LogP contribution in [0.1, 0.15) is 67.8 Å². The molecule has 1 saturated carbocycles. The van der Waals surface area contributed by atoms with E-state index in [0.717, 1.165) is 53.9 Å². The Bertz CT molecular complexity index is 2120. The van der Waals surface area contributed by atoms with Crippen LogP contribution in [0.15, 0.2) is 71.8 Å². The number of nitrogens with zero attached hydrogens (tertiary/aromatic N) is 1. The van der Waals surface area contributed by atoms with E-state index in [2.05, 4.69) is 5.32 Å². The van der Waals surface area contributed by atoms with Crippen LogP contribution in [-0.2, 0) is 28.1 Å². The number of anilines is 1. The second-order valence-electron chi connectivity index (χ2n) is 9.45. The molecule has 10 heteroatoms. The van der Waals surface area contributed by atoms with Crippen LogP contribution in [0.5, 0.6) is 5.75 Å². The highest BCUT2D eigenvalue weighted by Crippen LogP contribution is 2.30. The number of rotatable bonds is 8. The Hall–Kier alpha value is -4.31. The van der Waals surface area contributed by atoms with Gasteiger partial charge in [-0.05, 0) is 85.6 Å². The van der Waals surface area contributed by atoms with Crippen molar-refractivity contribution in [2.75, 3.05) is 12.4 Å². The number of nitrogens with one attached hydrogen (secondary N) is 2. The summed E-state index contributed by atoms with van der Waals surface area (Å²) in [6, 6.07) is 11.5.